The van der Waals surface area contributed by atoms with Crippen LogP contribution in [-0.2, 0) is 0 Å². The van der Waals surface area contributed by atoms with E-state index in [2.05, 4.69) is 6.58 Å². The number of alkyl halides is 1. The highest BCUT2D eigenvalue weighted by molar-refractivity contribution is 4.92. The van der Waals surface area contributed by atoms with E-state index in [1.807, 2.05) is 4.90 Å². The van der Waals surface area contributed by atoms with Crippen molar-refractivity contribution in [2.24, 2.45) is 0 Å². The Balaban J connectivity index is 2.39. The number of rotatable bonds is 3. The van der Waals surface area contributed by atoms with Crippen LogP contribution in [0.25, 0.3) is 0 Å². The number of aliphatic hydroxyl groups is 1. The summed E-state index contributed by atoms with van der Waals surface area (Å²) in [5.74, 6) is 0. The molecule has 11 heavy (non-hydrogen) atoms. The molecule has 1 heterocycles. The monoisotopic (exact) mass is 159 g/mol. The first-order chi connectivity index (χ1) is 5.20. The lowest BCUT2D eigenvalue weighted by Crippen LogP contribution is -2.32. The van der Waals surface area contributed by atoms with Crippen LogP contribution in [0.5, 0.6) is 0 Å². The van der Waals surface area contributed by atoms with Crippen molar-refractivity contribution in [3.63, 3.8) is 0 Å². The second-order valence-corrected chi connectivity index (χ2v) is 3.08. The molecular formula is C8H14FNO. The Hall–Kier alpha value is -0.410. The van der Waals surface area contributed by atoms with Crippen LogP contribution >= 0.6 is 0 Å². The fourth-order valence-electron chi connectivity index (χ4n) is 1.38. The summed E-state index contributed by atoms with van der Waals surface area (Å²) in [6.07, 6.45) is 2.19. The van der Waals surface area contributed by atoms with Gasteiger partial charge in [-0.2, -0.15) is 0 Å². The van der Waals surface area contributed by atoms with E-state index in [4.69, 9.17) is 5.11 Å². The predicted octanol–water partition coefficient (Wildman–Crippen LogP) is 0.579. The number of hydrogen-bond donors (Lipinski definition) is 1. The highest BCUT2D eigenvalue weighted by atomic mass is 19.1. The molecule has 2 nitrogen and oxygen atoms in total. The molecule has 0 aromatic rings. The van der Waals surface area contributed by atoms with Crippen molar-refractivity contribution < 1.29 is 9.50 Å². The van der Waals surface area contributed by atoms with Crippen LogP contribution in [0.3, 0.4) is 0 Å². The molecule has 1 N–H and O–H groups in total. The maximum Gasteiger partial charge on any atom is 0.147 e. The topological polar surface area (TPSA) is 23.5 Å². The molecular weight excluding hydrogens is 145 g/mol. The maximum absolute atomic E-state index is 13.3. The van der Waals surface area contributed by atoms with Crippen LogP contribution in [0.4, 0.5) is 4.39 Å². The third kappa shape index (κ3) is 2.01. The average molecular weight is 159 g/mol. The van der Waals surface area contributed by atoms with Gasteiger partial charge in [-0.1, -0.05) is 6.08 Å². The van der Waals surface area contributed by atoms with Gasteiger partial charge in [-0.15, -0.1) is 6.58 Å². The Morgan fingerprint density at radius 3 is 2.91 bits per heavy atom. The number of nitrogens with zero attached hydrogens (tertiary/aromatic N) is 1. The smallest absolute Gasteiger partial charge is 0.147 e. The highest BCUT2D eigenvalue weighted by Crippen LogP contribution is 2.24. The molecule has 1 atom stereocenters. The minimum absolute atomic E-state index is 0.343. The molecule has 64 valence electrons. The summed E-state index contributed by atoms with van der Waals surface area (Å²) in [5, 5.41) is 8.68. The van der Waals surface area contributed by atoms with Crippen molar-refractivity contribution in [3.8, 4) is 0 Å². The molecule has 1 unspecified atom stereocenters. The van der Waals surface area contributed by atoms with Crippen molar-refractivity contribution in [1.29, 1.82) is 0 Å². The molecule has 0 aromatic heterocycles. The quantitative estimate of drug-likeness (QED) is 0.609. The molecule has 1 rings (SSSR count). The van der Waals surface area contributed by atoms with Gasteiger partial charge in [-0.05, 0) is 6.42 Å². The Morgan fingerprint density at radius 1 is 1.73 bits per heavy atom. The van der Waals surface area contributed by atoms with Crippen molar-refractivity contribution in [3.05, 3.63) is 12.7 Å². The molecule has 0 amide bonds. The summed E-state index contributed by atoms with van der Waals surface area (Å²) in [6, 6.07) is 0. The average Bonchev–Trinajstić information content (AvgIpc) is 2.35. The number of halogens is 1. The van der Waals surface area contributed by atoms with Crippen molar-refractivity contribution in [2.45, 2.75) is 12.1 Å². The fourth-order valence-corrected chi connectivity index (χ4v) is 1.38. The zero-order valence-corrected chi connectivity index (χ0v) is 6.59. The van der Waals surface area contributed by atoms with Gasteiger partial charge in [0.15, 0.2) is 0 Å². The zero-order valence-electron chi connectivity index (χ0n) is 6.59. The number of hydrogen-bond acceptors (Lipinski definition) is 2. The third-order valence-corrected chi connectivity index (χ3v) is 2.05. The molecule has 0 bridgehead atoms. The fraction of sp³-hybridized carbons (Fsp3) is 0.750. The minimum Gasteiger partial charge on any atom is -0.393 e. The van der Waals surface area contributed by atoms with Gasteiger partial charge in [0.05, 0.1) is 6.61 Å². The van der Waals surface area contributed by atoms with Crippen molar-refractivity contribution in [1.82, 2.24) is 4.90 Å². The van der Waals surface area contributed by atoms with Crippen molar-refractivity contribution >= 4 is 0 Å². The number of likely N-dealkylation sites (tertiary alicyclic amines) is 1. The van der Waals surface area contributed by atoms with E-state index in [-0.39, 0.29) is 6.61 Å². The molecule has 0 aliphatic carbocycles. The van der Waals surface area contributed by atoms with Crippen LogP contribution in [0.2, 0.25) is 0 Å². The Morgan fingerprint density at radius 2 is 2.45 bits per heavy atom. The largest absolute Gasteiger partial charge is 0.393 e. The summed E-state index contributed by atoms with van der Waals surface area (Å²) < 4.78 is 13.3. The minimum atomic E-state index is -1.36. The van der Waals surface area contributed by atoms with Gasteiger partial charge in [0.25, 0.3) is 0 Å². The van der Waals surface area contributed by atoms with Gasteiger partial charge in [0.1, 0.15) is 5.67 Å². The first-order valence-corrected chi connectivity index (χ1v) is 3.83. The SMILES string of the molecule is C=CCN1CCC(F)(CO)C1. The predicted molar refractivity (Wildman–Crippen MR) is 42.2 cm³/mol. The van der Waals surface area contributed by atoms with E-state index >= 15 is 0 Å². The Kier molecular flexibility index (Phi) is 2.62. The maximum atomic E-state index is 13.3. The highest BCUT2D eigenvalue weighted by Gasteiger charge is 2.36. The van der Waals surface area contributed by atoms with Gasteiger partial charge < -0.3 is 5.11 Å². The summed E-state index contributed by atoms with van der Waals surface area (Å²) in [7, 11) is 0. The first kappa shape index (κ1) is 8.68. The molecule has 0 aromatic carbocycles. The van der Waals surface area contributed by atoms with Gasteiger partial charge in [0.2, 0.25) is 0 Å². The van der Waals surface area contributed by atoms with Gasteiger partial charge in [-0.3, -0.25) is 4.90 Å². The third-order valence-electron chi connectivity index (χ3n) is 2.05. The second-order valence-electron chi connectivity index (χ2n) is 3.08. The molecule has 3 heteroatoms. The van der Waals surface area contributed by atoms with E-state index in [1.54, 1.807) is 6.08 Å². The lowest BCUT2D eigenvalue weighted by atomic mass is 10.1. The standard InChI is InChI=1S/C8H14FNO/c1-2-4-10-5-3-8(9,6-10)7-11/h2,11H,1,3-7H2. The van der Waals surface area contributed by atoms with E-state index < -0.39 is 5.67 Å². The van der Waals surface area contributed by atoms with Crippen molar-refractivity contribution in [2.75, 3.05) is 26.2 Å². The van der Waals surface area contributed by atoms with Crippen LogP contribution in [0.1, 0.15) is 6.42 Å². The molecule has 1 fully saturated rings. The van der Waals surface area contributed by atoms with Gasteiger partial charge in [-0.25, -0.2) is 4.39 Å². The lowest BCUT2D eigenvalue weighted by molar-refractivity contribution is 0.0791. The zero-order chi connectivity index (χ0) is 8.32. The molecule has 1 saturated heterocycles. The summed E-state index contributed by atoms with van der Waals surface area (Å²) in [4.78, 5) is 1.95. The van der Waals surface area contributed by atoms with Gasteiger partial charge in [0, 0.05) is 19.6 Å². The first-order valence-electron chi connectivity index (χ1n) is 3.83. The van der Waals surface area contributed by atoms with E-state index in [0.717, 1.165) is 6.54 Å². The molecule has 0 radical (unpaired) electrons. The molecule has 1 aliphatic heterocycles. The summed E-state index contributed by atoms with van der Waals surface area (Å²) in [6.45, 7) is 4.99. The summed E-state index contributed by atoms with van der Waals surface area (Å²) in [5.41, 5.74) is -1.36. The van der Waals surface area contributed by atoms with E-state index in [1.165, 1.54) is 0 Å². The van der Waals surface area contributed by atoms with Crippen LogP contribution in [0.15, 0.2) is 12.7 Å². The van der Waals surface area contributed by atoms with Crippen LogP contribution in [-0.4, -0.2) is 41.9 Å². The second kappa shape index (κ2) is 3.32. The van der Waals surface area contributed by atoms with Crippen LogP contribution < -0.4 is 0 Å². The van der Waals surface area contributed by atoms with Crippen LogP contribution in [0, 0.1) is 0 Å². The van der Waals surface area contributed by atoms with E-state index in [9.17, 15) is 4.39 Å². The molecule has 1 aliphatic rings. The molecule has 0 saturated carbocycles. The normalized spacial score (nSPS) is 32.5. The van der Waals surface area contributed by atoms with E-state index in [0.29, 0.717) is 19.5 Å². The Labute approximate surface area is 66.3 Å². The Bertz CT molecular complexity index is 151. The van der Waals surface area contributed by atoms with Gasteiger partial charge >= 0.3 is 0 Å². The molecule has 0 spiro atoms. The lowest BCUT2D eigenvalue weighted by Gasteiger charge is -2.16. The summed E-state index contributed by atoms with van der Waals surface area (Å²) >= 11 is 0. The number of aliphatic hydroxyl groups excluding tert-OH is 1.